The van der Waals surface area contributed by atoms with Crippen molar-refractivity contribution in [3.63, 3.8) is 0 Å². The fourth-order valence-corrected chi connectivity index (χ4v) is 2.15. The topological polar surface area (TPSA) is 47.6 Å². The second kappa shape index (κ2) is 7.31. The Morgan fingerprint density at radius 1 is 1.18 bits per heavy atom. The smallest absolute Gasteiger partial charge is 0.265 e. The molecule has 2 rings (SSSR count). The monoisotopic (exact) mass is 363 g/mol. The molecule has 0 fully saturated rings. The summed E-state index contributed by atoms with van der Waals surface area (Å²) in [7, 11) is 1.59. The summed E-state index contributed by atoms with van der Waals surface area (Å²) in [6.07, 6.45) is -0.615. The van der Waals surface area contributed by atoms with E-state index in [-0.39, 0.29) is 5.91 Å². The van der Waals surface area contributed by atoms with Gasteiger partial charge in [0.25, 0.3) is 5.91 Å². The lowest BCUT2D eigenvalue weighted by molar-refractivity contribution is -0.122. The zero-order valence-corrected chi connectivity index (χ0v) is 14.3. The zero-order valence-electron chi connectivity index (χ0n) is 12.7. The molecule has 0 bridgehead atoms. The van der Waals surface area contributed by atoms with Gasteiger partial charge in [-0.2, -0.15) is 0 Å². The first kappa shape index (κ1) is 16.4. The van der Waals surface area contributed by atoms with E-state index in [0.29, 0.717) is 11.5 Å². The molecule has 0 saturated heterocycles. The summed E-state index contributed by atoms with van der Waals surface area (Å²) >= 11 is 3.43. The predicted molar refractivity (Wildman–Crippen MR) is 90.6 cm³/mol. The van der Waals surface area contributed by atoms with Crippen LogP contribution in [0, 0.1) is 6.92 Å². The van der Waals surface area contributed by atoms with Crippen molar-refractivity contribution >= 4 is 27.5 Å². The maximum absolute atomic E-state index is 12.2. The fraction of sp³-hybridized carbons (Fsp3) is 0.235. The van der Waals surface area contributed by atoms with Gasteiger partial charge in [0, 0.05) is 16.2 Å². The highest BCUT2D eigenvalue weighted by atomic mass is 79.9. The highest BCUT2D eigenvalue weighted by Crippen LogP contribution is 2.22. The van der Waals surface area contributed by atoms with Crippen molar-refractivity contribution < 1.29 is 14.3 Å². The van der Waals surface area contributed by atoms with E-state index < -0.39 is 6.10 Å². The third-order valence-electron chi connectivity index (χ3n) is 3.15. The number of ether oxygens (including phenoxy) is 2. The fourth-order valence-electron chi connectivity index (χ4n) is 1.90. The molecule has 0 aromatic heterocycles. The van der Waals surface area contributed by atoms with Crippen molar-refractivity contribution in [2.75, 3.05) is 12.4 Å². The zero-order chi connectivity index (χ0) is 16.1. The van der Waals surface area contributed by atoms with E-state index in [1.165, 1.54) is 0 Å². The second-order valence-corrected chi connectivity index (χ2v) is 5.75. The number of methoxy groups -OCH3 is 1. The number of anilines is 1. The molecule has 1 N–H and O–H groups in total. The summed E-state index contributed by atoms with van der Waals surface area (Å²) < 4.78 is 11.8. The number of hydrogen-bond acceptors (Lipinski definition) is 3. The van der Waals surface area contributed by atoms with E-state index in [2.05, 4.69) is 21.2 Å². The average Bonchev–Trinajstić information content (AvgIpc) is 2.51. The van der Waals surface area contributed by atoms with Gasteiger partial charge in [0.1, 0.15) is 11.5 Å². The van der Waals surface area contributed by atoms with Gasteiger partial charge < -0.3 is 14.8 Å². The van der Waals surface area contributed by atoms with Crippen LogP contribution in [0.15, 0.2) is 46.9 Å². The second-order valence-electron chi connectivity index (χ2n) is 4.89. The highest BCUT2D eigenvalue weighted by molar-refractivity contribution is 9.10. The van der Waals surface area contributed by atoms with Crippen molar-refractivity contribution in [2.24, 2.45) is 0 Å². The SMILES string of the molecule is COc1cccc(O[C@@H](C)C(=O)Nc2ccc(Br)c(C)c2)c1. The molecule has 4 nitrogen and oxygen atoms in total. The summed E-state index contributed by atoms with van der Waals surface area (Å²) in [5.41, 5.74) is 1.80. The molecule has 1 amide bonds. The molecule has 2 aromatic carbocycles. The number of nitrogens with one attached hydrogen (secondary N) is 1. The lowest BCUT2D eigenvalue weighted by Gasteiger charge is -2.15. The Labute approximate surface area is 138 Å². The quantitative estimate of drug-likeness (QED) is 0.866. The first-order valence-corrected chi connectivity index (χ1v) is 7.66. The first-order valence-electron chi connectivity index (χ1n) is 6.87. The van der Waals surface area contributed by atoms with Crippen molar-refractivity contribution in [3.05, 3.63) is 52.5 Å². The molecular weight excluding hydrogens is 346 g/mol. The van der Waals surface area contributed by atoms with Gasteiger partial charge in [0.15, 0.2) is 6.10 Å². The van der Waals surface area contributed by atoms with Gasteiger partial charge in [-0.3, -0.25) is 4.79 Å². The number of carbonyl (C=O) groups excluding carboxylic acids is 1. The number of rotatable bonds is 5. The van der Waals surface area contributed by atoms with Crippen molar-refractivity contribution in [2.45, 2.75) is 20.0 Å². The van der Waals surface area contributed by atoms with Gasteiger partial charge in [0.05, 0.1) is 7.11 Å². The number of benzene rings is 2. The minimum atomic E-state index is -0.615. The summed E-state index contributed by atoms with van der Waals surface area (Å²) in [5.74, 6) is 1.08. The van der Waals surface area contributed by atoms with Gasteiger partial charge >= 0.3 is 0 Å². The van der Waals surface area contributed by atoms with Crippen molar-refractivity contribution in [1.82, 2.24) is 0 Å². The van der Waals surface area contributed by atoms with Crippen LogP contribution >= 0.6 is 15.9 Å². The largest absolute Gasteiger partial charge is 0.497 e. The van der Waals surface area contributed by atoms with Gasteiger partial charge in [-0.05, 0) is 49.7 Å². The molecule has 0 saturated carbocycles. The molecule has 0 aliphatic heterocycles. The Morgan fingerprint density at radius 3 is 2.59 bits per heavy atom. The van der Waals surface area contributed by atoms with Crippen LogP contribution in [0.25, 0.3) is 0 Å². The standard InChI is InChI=1S/C17H18BrNO3/c1-11-9-13(7-8-16(11)18)19-17(20)12(2)22-15-6-4-5-14(10-15)21-3/h4-10,12H,1-3H3,(H,19,20)/t12-/m0/s1. The first-order chi connectivity index (χ1) is 10.5. The van der Waals surface area contributed by atoms with E-state index in [1.807, 2.05) is 37.3 Å². The highest BCUT2D eigenvalue weighted by Gasteiger charge is 2.15. The number of aryl methyl sites for hydroxylation is 1. The Hall–Kier alpha value is -2.01. The van der Waals surface area contributed by atoms with E-state index >= 15 is 0 Å². The molecule has 116 valence electrons. The number of carbonyl (C=O) groups is 1. The van der Waals surface area contributed by atoms with Gasteiger partial charge in [-0.25, -0.2) is 0 Å². The number of halogens is 1. The number of hydrogen-bond donors (Lipinski definition) is 1. The van der Waals surface area contributed by atoms with Gasteiger partial charge in [0.2, 0.25) is 0 Å². The molecule has 0 heterocycles. The minimum Gasteiger partial charge on any atom is -0.497 e. The molecule has 2 aromatic rings. The summed E-state index contributed by atoms with van der Waals surface area (Å²) in [4.78, 5) is 12.2. The Balaban J connectivity index is 2.00. The van der Waals surface area contributed by atoms with Crippen LogP contribution in [0.4, 0.5) is 5.69 Å². The Morgan fingerprint density at radius 2 is 1.91 bits per heavy atom. The molecule has 0 spiro atoms. The van der Waals surface area contributed by atoms with Gasteiger partial charge in [-0.15, -0.1) is 0 Å². The number of amides is 1. The summed E-state index contributed by atoms with van der Waals surface area (Å²) in [6, 6.07) is 12.8. The normalized spacial score (nSPS) is 11.6. The van der Waals surface area contributed by atoms with Crippen molar-refractivity contribution in [1.29, 1.82) is 0 Å². The summed E-state index contributed by atoms with van der Waals surface area (Å²) in [5, 5.41) is 2.84. The molecule has 0 aliphatic rings. The summed E-state index contributed by atoms with van der Waals surface area (Å²) in [6.45, 7) is 3.68. The molecule has 0 unspecified atom stereocenters. The van der Waals surface area contributed by atoms with Gasteiger partial charge in [-0.1, -0.05) is 22.0 Å². The van der Waals surface area contributed by atoms with Crippen LogP contribution in [0.2, 0.25) is 0 Å². The van der Waals surface area contributed by atoms with Crippen LogP contribution in [-0.2, 0) is 4.79 Å². The lowest BCUT2D eigenvalue weighted by atomic mass is 10.2. The van der Waals surface area contributed by atoms with Crippen molar-refractivity contribution in [3.8, 4) is 11.5 Å². The van der Waals surface area contributed by atoms with Crippen LogP contribution in [0.1, 0.15) is 12.5 Å². The molecule has 0 radical (unpaired) electrons. The lowest BCUT2D eigenvalue weighted by Crippen LogP contribution is -2.30. The van der Waals surface area contributed by atoms with Crippen LogP contribution < -0.4 is 14.8 Å². The van der Waals surface area contributed by atoms with E-state index in [0.717, 1.165) is 15.7 Å². The van der Waals surface area contributed by atoms with E-state index in [1.54, 1.807) is 26.2 Å². The molecule has 22 heavy (non-hydrogen) atoms. The minimum absolute atomic E-state index is 0.204. The molecule has 5 heteroatoms. The van der Waals surface area contributed by atoms with E-state index in [4.69, 9.17) is 9.47 Å². The van der Waals surface area contributed by atoms with Crippen LogP contribution in [-0.4, -0.2) is 19.1 Å². The predicted octanol–water partition coefficient (Wildman–Crippen LogP) is 4.17. The van der Waals surface area contributed by atoms with E-state index in [9.17, 15) is 4.79 Å². The molecule has 0 aliphatic carbocycles. The third-order valence-corrected chi connectivity index (χ3v) is 4.04. The maximum Gasteiger partial charge on any atom is 0.265 e. The Bertz CT molecular complexity index is 673. The van der Waals surface area contributed by atoms with Crippen LogP contribution in [0.5, 0.6) is 11.5 Å². The molecular formula is C17H18BrNO3. The third kappa shape index (κ3) is 4.24. The Kier molecular flexibility index (Phi) is 5.44. The maximum atomic E-state index is 12.2. The average molecular weight is 364 g/mol. The molecule has 1 atom stereocenters. The van der Waals surface area contributed by atoms with Crippen LogP contribution in [0.3, 0.4) is 0 Å².